The van der Waals surface area contributed by atoms with E-state index < -0.39 is 21.7 Å². The van der Waals surface area contributed by atoms with Gasteiger partial charge in [-0.3, -0.25) is 0 Å². The molecule has 8 heteroatoms. The zero-order chi connectivity index (χ0) is 17.1. The minimum absolute atomic E-state index is 0.0242. The largest absolute Gasteiger partial charge is 0.388 e. The van der Waals surface area contributed by atoms with E-state index in [1.54, 1.807) is 19.1 Å². The first kappa shape index (κ1) is 17.7. The lowest BCUT2D eigenvalue weighted by Crippen LogP contribution is -2.41. The smallest absolute Gasteiger partial charge is 0.319 e. The number of rotatable bonds is 7. The zero-order valence-electron chi connectivity index (χ0n) is 13.3. The predicted molar refractivity (Wildman–Crippen MR) is 87.7 cm³/mol. The summed E-state index contributed by atoms with van der Waals surface area (Å²) in [6.45, 7) is 3.56. The minimum Gasteiger partial charge on any atom is -0.388 e. The summed E-state index contributed by atoms with van der Waals surface area (Å²) in [7, 11) is -3.56. The van der Waals surface area contributed by atoms with Crippen molar-refractivity contribution in [2.45, 2.75) is 49.6 Å². The Morgan fingerprint density at radius 3 is 2.70 bits per heavy atom. The molecule has 0 bridgehead atoms. The first-order valence-electron chi connectivity index (χ1n) is 7.61. The molecule has 1 fully saturated rings. The number of anilines is 1. The fourth-order valence-electron chi connectivity index (χ4n) is 1.80. The van der Waals surface area contributed by atoms with Crippen LogP contribution in [0.1, 0.15) is 33.1 Å². The van der Waals surface area contributed by atoms with Crippen LogP contribution in [0.2, 0.25) is 0 Å². The Morgan fingerprint density at radius 1 is 1.39 bits per heavy atom. The molecule has 0 spiro atoms. The summed E-state index contributed by atoms with van der Waals surface area (Å²) in [4.78, 5) is 11.9. The van der Waals surface area contributed by atoms with E-state index in [2.05, 4.69) is 15.4 Å². The Kier molecular flexibility index (Phi) is 5.28. The lowest BCUT2D eigenvalue weighted by molar-refractivity contribution is 0.0587. The highest BCUT2D eigenvalue weighted by Crippen LogP contribution is 2.23. The second-order valence-corrected chi connectivity index (χ2v) is 7.80. The molecule has 7 nitrogen and oxygen atoms in total. The van der Waals surface area contributed by atoms with E-state index >= 15 is 0 Å². The SMILES string of the molecule is CCC(C)(O)CNC(=O)Nc1cccc(S(=O)(=O)NC2CC2)c1. The van der Waals surface area contributed by atoms with Gasteiger partial charge in [-0.15, -0.1) is 0 Å². The quantitative estimate of drug-likeness (QED) is 0.601. The number of nitrogens with one attached hydrogen (secondary N) is 3. The third kappa shape index (κ3) is 5.49. The third-order valence-electron chi connectivity index (χ3n) is 3.69. The number of aliphatic hydroxyl groups is 1. The fourth-order valence-corrected chi connectivity index (χ4v) is 3.15. The second-order valence-electron chi connectivity index (χ2n) is 6.08. The maximum atomic E-state index is 12.1. The number of sulfonamides is 1. The van der Waals surface area contributed by atoms with Gasteiger partial charge in [-0.1, -0.05) is 13.0 Å². The van der Waals surface area contributed by atoms with Crippen molar-refractivity contribution in [3.05, 3.63) is 24.3 Å². The van der Waals surface area contributed by atoms with E-state index in [0.717, 1.165) is 12.8 Å². The third-order valence-corrected chi connectivity index (χ3v) is 5.21. The fraction of sp³-hybridized carbons (Fsp3) is 0.533. The molecule has 1 aliphatic rings. The molecule has 0 saturated heterocycles. The molecule has 2 amide bonds. The summed E-state index contributed by atoms with van der Waals surface area (Å²) in [5, 5.41) is 15.0. The number of hydrogen-bond donors (Lipinski definition) is 4. The van der Waals surface area contributed by atoms with Gasteiger partial charge in [-0.25, -0.2) is 17.9 Å². The number of amides is 2. The van der Waals surface area contributed by atoms with Crippen LogP contribution in [0.25, 0.3) is 0 Å². The molecule has 23 heavy (non-hydrogen) atoms. The van der Waals surface area contributed by atoms with Gasteiger partial charge < -0.3 is 15.7 Å². The van der Waals surface area contributed by atoms with Gasteiger partial charge in [0.25, 0.3) is 0 Å². The monoisotopic (exact) mass is 341 g/mol. The number of benzene rings is 1. The Labute approximate surface area is 136 Å². The van der Waals surface area contributed by atoms with Crippen molar-refractivity contribution in [1.29, 1.82) is 0 Å². The van der Waals surface area contributed by atoms with Crippen molar-refractivity contribution in [2.75, 3.05) is 11.9 Å². The second kappa shape index (κ2) is 6.86. The van der Waals surface area contributed by atoms with Gasteiger partial charge in [-0.05, 0) is 44.4 Å². The first-order chi connectivity index (χ1) is 10.7. The Bertz CT molecular complexity index is 669. The van der Waals surface area contributed by atoms with Crippen LogP contribution in [0.15, 0.2) is 29.2 Å². The van der Waals surface area contributed by atoms with Gasteiger partial charge in [0.1, 0.15) is 0 Å². The van der Waals surface area contributed by atoms with Crippen LogP contribution in [0.3, 0.4) is 0 Å². The Morgan fingerprint density at radius 2 is 2.09 bits per heavy atom. The van der Waals surface area contributed by atoms with Crippen LogP contribution in [0.4, 0.5) is 10.5 Å². The van der Waals surface area contributed by atoms with E-state index in [4.69, 9.17) is 0 Å². The normalized spacial score (nSPS) is 17.3. The molecular weight excluding hydrogens is 318 g/mol. The summed E-state index contributed by atoms with van der Waals surface area (Å²) in [6, 6.07) is 5.59. The van der Waals surface area contributed by atoms with Crippen LogP contribution < -0.4 is 15.4 Å². The number of carbonyl (C=O) groups is 1. The molecule has 0 aliphatic heterocycles. The molecule has 1 unspecified atom stereocenters. The first-order valence-corrected chi connectivity index (χ1v) is 9.10. The van der Waals surface area contributed by atoms with E-state index in [1.165, 1.54) is 12.1 Å². The van der Waals surface area contributed by atoms with E-state index in [0.29, 0.717) is 12.1 Å². The van der Waals surface area contributed by atoms with E-state index in [-0.39, 0.29) is 17.5 Å². The lowest BCUT2D eigenvalue weighted by Gasteiger charge is -2.21. The summed E-state index contributed by atoms with van der Waals surface area (Å²) in [5.41, 5.74) is -0.603. The summed E-state index contributed by atoms with van der Waals surface area (Å²) < 4.78 is 26.9. The predicted octanol–water partition coefficient (Wildman–Crippen LogP) is 1.41. The summed E-state index contributed by atoms with van der Waals surface area (Å²) >= 11 is 0. The highest BCUT2D eigenvalue weighted by molar-refractivity contribution is 7.89. The average Bonchev–Trinajstić information content (AvgIpc) is 3.29. The minimum atomic E-state index is -3.56. The van der Waals surface area contributed by atoms with Crippen LogP contribution in [0.5, 0.6) is 0 Å². The van der Waals surface area contributed by atoms with Gasteiger partial charge in [0, 0.05) is 18.3 Å². The van der Waals surface area contributed by atoms with Gasteiger partial charge in [0.05, 0.1) is 10.5 Å². The molecule has 1 saturated carbocycles. The lowest BCUT2D eigenvalue weighted by atomic mass is 10.0. The number of hydrogen-bond acceptors (Lipinski definition) is 4. The zero-order valence-corrected chi connectivity index (χ0v) is 14.1. The van der Waals surface area contributed by atoms with Gasteiger partial charge in [0.2, 0.25) is 10.0 Å². The molecule has 1 aliphatic carbocycles. The summed E-state index contributed by atoms with van der Waals surface area (Å²) in [6.07, 6.45) is 2.22. The van der Waals surface area contributed by atoms with Crippen molar-refractivity contribution in [1.82, 2.24) is 10.0 Å². The Hall–Kier alpha value is -1.64. The van der Waals surface area contributed by atoms with Crippen molar-refractivity contribution in [2.24, 2.45) is 0 Å². The van der Waals surface area contributed by atoms with Gasteiger partial charge in [-0.2, -0.15) is 0 Å². The van der Waals surface area contributed by atoms with Gasteiger partial charge in [0.15, 0.2) is 0 Å². The highest BCUT2D eigenvalue weighted by atomic mass is 32.2. The average molecular weight is 341 g/mol. The molecule has 0 radical (unpaired) electrons. The van der Waals surface area contributed by atoms with E-state index in [1.807, 2.05) is 6.92 Å². The standard InChI is InChI=1S/C15H23N3O4S/c1-3-15(2,20)10-16-14(19)17-12-5-4-6-13(9-12)23(21,22)18-11-7-8-11/h4-6,9,11,18,20H,3,7-8,10H2,1-2H3,(H2,16,17,19). The molecule has 1 aromatic carbocycles. The van der Waals surface area contributed by atoms with Crippen molar-refractivity contribution in [3.8, 4) is 0 Å². The Balaban J connectivity index is 1.98. The molecule has 128 valence electrons. The van der Waals surface area contributed by atoms with Crippen molar-refractivity contribution in [3.63, 3.8) is 0 Å². The molecule has 0 aromatic heterocycles. The number of urea groups is 1. The molecule has 1 atom stereocenters. The van der Waals surface area contributed by atoms with Crippen molar-refractivity contribution >= 4 is 21.7 Å². The topological polar surface area (TPSA) is 108 Å². The maximum Gasteiger partial charge on any atom is 0.319 e. The molecule has 0 heterocycles. The number of carbonyl (C=O) groups excluding carboxylic acids is 1. The summed E-state index contributed by atoms with van der Waals surface area (Å²) in [5.74, 6) is 0. The van der Waals surface area contributed by atoms with Crippen LogP contribution in [0, 0.1) is 0 Å². The molecular formula is C15H23N3O4S. The van der Waals surface area contributed by atoms with Gasteiger partial charge >= 0.3 is 6.03 Å². The maximum absolute atomic E-state index is 12.1. The van der Waals surface area contributed by atoms with E-state index in [9.17, 15) is 18.3 Å². The van der Waals surface area contributed by atoms with Crippen molar-refractivity contribution < 1.29 is 18.3 Å². The highest BCUT2D eigenvalue weighted by Gasteiger charge is 2.28. The van der Waals surface area contributed by atoms with Crippen LogP contribution in [-0.4, -0.2) is 37.7 Å². The molecule has 4 N–H and O–H groups in total. The molecule has 2 rings (SSSR count). The van der Waals surface area contributed by atoms with Crippen LogP contribution in [-0.2, 0) is 10.0 Å². The van der Waals surface area contributed by atoms with Crippen LogP contribution >= 0.6 is 0 Å². The molecule has 1 aromatic rings.